The molecule has 0 aliphatic rings. The third kappa shape index (κ3) is 5.17. The van der Waals surface area contributed by atoms with Gasteiger partial charge < -0.3 is 10.6 Å². The van der Waals surface area contributed by atoms with Gasteiger partial charge in [-0.1, -0.05) is 6.92 Å². The van der Waals surface area contributed by atoms with E-state index in [0.29, 0.717) is 18.8 Å². The van der Waals surface area contributed by atoms with Crippen molar-refractivity contribution in [2.24, 2.45) is 5.92 Å². The Morgan fingerprint density at radius 1 is 1.20 bits per heavy atom. The van der Waals surface area contributed by atoms with Crippen molar-refractivity contribution in [3.63, 3.8) is 0 Å². The molecule has 2 amide bonds. The Bertz CT molecular complexity index is 782. The molecule has 2 N–H and O–H groups in total. The highest BCUT2D eigenvalue weighted by atomic mass is 16.2. The van der Waals surface area contributed by atoms with Crippen LogP contribution in [0.4, 0.5) is 10.5 Å². The van der Waals surface area contributed by atoms with Gasteiger partial charge in [0, 0.05) is 44.1 Å². The van der Waals surface area contributed by atoms with Crippen molar-refractivity contribution < 1.29 is 4.79 Å². The van der Waals surface area contributed by atoms with Gasteiger partial charge in [0.1, 0.15) is 0 Å². The first-order valence-electron chi connectivity index (χ1n) is 8.12. The maximum Gasteiger partial charge on any atom is 0.319 e. The standard InChI is InChI=1S/C17H21N7O/c1-14(11-23-8-2-5-20-23)9-19-17(25)22-16-10-21-24(13-16)12-15-3-6-18-7-4-15/h2-8,10,13-14H,9,11-12H2,1H3,(H2,19,22,25). The molecule has 130 valence electrons. The van der Waals surface area contributed by atoms with Crippen molar-refractivity contribution >= 4 is 11.7 Å². The molecule has 1 unspecified atom stereocenters. The Hall–Kier alpha value is -3.16. The van der Waals surface area contributed by atoms with Crippen LogP contribution in [-0.2, 0) is 13.1 Å². The predicted octanol–water partition coefficient (Wildman–Crippen LogP) is 1.98. The second-order valence-corrected chi connectivity index (χ2v) is 5.95. The third-order valence-corrected chi connectivity index (χ3v) is 3.65. The van der Waals surface area contributed by atoms with Crippen LogP contribution in [0.5, 0.6) is 0 Å². The Kier molecular flexibility index (Phi) is 5.40. The van der Waals surface area contributed by atoms with Crippen molar-refractivity contribution in [2.75, 3.05) is 11.9 Å². The Balaban J connectivity index is 1.43. The van der Waals surface area contributed by atoms with Crippen LogP contribution in [-0.4, -0.2) is 37.1 Å². The fraction of sp³-hybridized carbons (Fsp3) is 0.294. The molecule has 0 saturated carbocycles. The molecule has 0 aliphatic carbocycles. The number of urea groups is 1. The molecule has 3 heterocycles. The lowest BCUT2D eigenvalue weighted by Gasteiger charge is -2.12. The zero-order chi connectivity index (χ0) is 17.5. The lowest BCUT2D eigenvalue weighted by molar-refractivity contribution is 0.249. The first-order chi connectivity index (χ1) is 12.2. The van der Waals surface area contributed by atoms with E-state index < -0.39 is 0 Å². The summed E-state index contributed by atoms with van der Waals surface area (Å²) in [5, 5.41) is 14.1. The van der Waals surface area contributed by atoms with Crippen molar-refractivity contribution in [1.82, 2.24) is 29.9 Å². The summed E-state index contributed by atoms with van der Waals surface area (Å²) in [7, 11) is 0. The smallest absolute Gasteiger partial charge is 0.319 e. The van der Waals surface area contributed by atoms with Crippen LogP contribution in [0.15, 0.2) is 55.4 Å². The van der Waals surface area contributed by atoms with E-state index in [-0.39, 0.29) is 11.9 Å². The number of carbonyl (C=O) groups excluding carboxylic acids is 1. The molecule has 0 fully saturated rings. The Labute approximate surface area is 145 Å². The van der Waals surface area contributed by atoms with Crippen molar-refractivity contribution in [1.29, 1.82) is 0 Å². The second kappa shape index (κ2) is 8.09. The zero-order valence-electron chi connectivity index (χ0n) is 14.0. The number of aromatic nitrogens is 5. The molecule has 25 heavy (non-hydrogen) atoms. The van der Waals surface area contributed by atoms with Gasteiger partial charge in [-0.05, 0) is 29.7 Å². The third-order valence-electron chi connectivity index (χ3n) is 3.65. The van der Waals surface area contributed by atoms with E-state index in [1.54, 1.807) is 35.7 Å². The molecule has 3 aromatic heterocycles. The van der Waals surface area contributed by atoms with Gasteiger partial charge in [0.25, 0.3) is 0 Å². The highest BCUT2D eigenvalue weighted by molar-refractivity contribution is 5.88. The number of pyridine rings is 1. The van der Waals surface area contributed by atoms with Gasteiger partial charge in [-0.15, -0.1) is 0 Å². The van der Waals surface area contributed by atoms with Gasteiger partial charge in [-0.3, -0.25) is 14.3 Å². The molecular weight excluding hydrogens is 318 g/mol. The van der Waals surface area contributed by atoms with E-state index in [2.05, 4.69) is 32.7 Å². The topological polar surface area (TPSA) is 89.7 Å². The van der Waals surface area contributed by atoms with Crippen LogP contribution < -0.4 is 10.6 Å². The highest BCUT2D eigenvalue weighted by Crippen LogP contribution is 2.07. The normalized spacial score (nSPS) is 11.9. The maximum absolute atomic E-state index is 12.0. The lowest BCUT2D eigenvalue weighted by atomic mass is 10.2. The number of nitrogens with zero attached hydrogens (tertiary/aromatic N) is 5. The molecule has 0 radical (unpaired) electrons. The van der Waals surface area contributed by atoms with E-state index in [9.17, 15) is 4.79 Å². The number of anilines is 1. The zero-order valence-corrected chi connectivity index (χ0v) is 14.0. The lowest BCUT2D eigenvalue weighted by Crippen LogP contribution is -2.33. The number of hydrogen-bond acceptors (Lipinski definition) is 4. The van der Waals surface area contributed by atoms with Crippen molar-refractivity contribution in [3.05, 3.63) is 60.9 Å². The van der Waals surface area contributed by atoms with E-state index in [4.69, 9.17) is 0 Å². The summed E-state index contributed by atoms with van der Waals surface area (Å²) in [4.78, 5) is 16.0. The van der Waals surface area contributed by atoms with Crippen LogP contribution in [0.2, 0.25) is 0 Å². The second-order valence-electron chi connectivity index (χ2n) is 5.95. The van der Waals surface area contributed by atoms with Crippen LogP contribution >= 0.6 is 0 Å². The highest BCUT2D eigenvalue weighted by Gasteiger charge is 2.08. The molecule has 0 aromatic carbocycles. The number of carbonyl (C=O) groups is 1. The fourth-order valence-corrected chi connectivity index (χ4v) is 2.42. The molecular formula is C17H21N7O. The largest absolute Gasteiger partial charge is 0.338 e. The summed E-state index contributed by atoms with van der Waals surface area (Å²) < 4.78 is 3.62. The molecule has 8 nitrogen and oxygen atoms in total. The average Bonchev–Trinajstić information content (AvgIpc) is 3.26. The quantitative estimate of drug-likeness (QED) is 0.689. The fourth-order valence-electron chi connectivity index (χ4n) is 2.42. The van der Waals surface area contributed by atoms with E-state index in [1.165, 1.54) is 0 Å². The molecule has 0 aliphatic heterocycles. The summed E-state index contributed by atoms with van der Waals surface area (Å²) in [5.41, 5.74) is 1.76. The minimum atomic E-state index is -0.240. The van der Waals surface area contributed by atoms with Gasteiger partial charge in [-0.25, -0.2) is 4.79 Å². The van der Waals surface area contributed by atoms with Crippen molar-refractivity contribution in [3.8, 4) is 0 Å². The van der Waals surface area contributed by atoms with Gasteiger partial charge in [-0.2, -0.15) is 10.2 Å². The molecule has 1 atom stereocenters. The number of amides is 2. The monoisotopic (exact) mass is 339 g/mol. The van der Waals surface area contributed by atoms with Crippen LogP contribution in [0.1, 0.15) is 12.5 Å². The summed E-state index contributed by atoms with van der Waals surface area (Å²) in [6.45, 7) is 4.02. The van der Waals surface area contributed by atoms with Crippen molar-refractivity contribution in [2.45, 2.75) is 20.0 Å². The molecule has 0 bridgehead atoms. The summed E-state index contributed by atoms with van der Waals surface area (Å²) in [6.07, 6.45) is 10.6. The van der Waals surface area contributed by atoms with Crippen LogP contribution in [0.3, 0.4) is 0 Å². The van der Waals surface area contributed by atoms with Gasteiger partial charge in [0.05, 0.1) is 18.4 Å². The molecule has 8 heteroatoms. The van der Waals surface area contributed by atoms with E-state index >= 15 is 0 Å². The first-order valence-corrected chi connectivity index (χ1v) is 8.12. The number of nitrogens with one attached hydrogen (secondary N) is 2. The minimum absolute atomic E-state index is 0.240. The summed E-state index contributed by atoms with van der Waals surface area (Å²) in [5.74, 6) is 0.278. The predicted molar refractivity (Wildman–Crippen MR) is 94.0 cm³/mol. The van der Waals surface area contributed by atoms with E-state index in [1.807, 2.05) is 29.1 Å². The molecule has 3 aromatic rings. The summed E-state index contributed by atoms with van der Waals surface area (Å²) in [6, 6.07) is 5.51. The Morgan fingerprint density at radius 3 is 2.80 bits per heavy atom. The molecule has 0 spiro atoms. The number of rotatable bonds is 7. The Morgan fingerprint density at radius 2 is 2.04 bits per heavy atom. The SMILES string of the molecule is CC(CNC(=O)Nc1cnn(Cc2ccncc2)c1)Cn1cccn1. The maximum atomic E-state index is 12.0. The first kappa shape index (κ1) is 16.7. The van der Waals surface area contributed by atoms with Gasteiger partial charge in [0.15, 0.2) is 0 Å². The molecule has 0 saturated heterocycles. The average molecular weight is 339 g/mol. The van der Waals surface area contributed by atoms with Crippen LogP contribution in [0.25, 0.3) is 0 Å². The minimum Gasteiger partial charge on any atom is -0.338 e. The number of hydrogen-bond donors (Lipinski definition) is 2. The van der Waals surface area contributed by atoms with E-state index in [0.717, 1.165) is 12.1 Å². The summed E-state index contributed by atoms with van der Waals surface area (Å²) >= 11 is 0. The van der Waals surface area contributed by atoms with Gasteiger partial charge >= 0.3 is 6.03 Å². The van der Waals surface area contributed by atoms with Gasteiger partial charge in [0.2, 0.25) is 0 Å². The molecule has 3 rings (SSSR count). The van der Waals surface area contributed by atoms with Crippen LogP contribution in [0, 0.1) is 5.92 Å².